The molecule has 0 aliphatic heterocycles. The van der Waals surface area contributed by atoms with Gasteiger partial charge >= 0.3 is 12.4 Å². The zero-order valence-corrected chi connectivity index (χ0v) is 18.5. The number of aliphatic hydroxyl groups is 1. The molecule has 0 saturated heterocycles. The van der Waals surface area contributed by atoms with E-state index in [2.05, 4.69) is 10.6 Å². The fourth-order valence-electron chi connectivity index (χ4n) is 3.82. The molecule has 5 nitrogen and oxygen atoms in total. The first-order chi connectivity index (χ1) is 15.8. The predicted molar refractivity (Wildman–Crippen MR) is 112 cm³/mol. The molecule has 1 aliphatic rings. The van der Waals surface area contributed by atoms with Crippen molar-refractivity contribution in [2.45, 2.75) is 62.1 Å². The summed E-state index contributed by atoms with van der Waals surface area (Å²) in [6.07, 6.45) is -7.44. The van der Waals surface area contributed by atoms with Gasteiger partial charge in [-0.2, -0.15) is 26.3 Å². The Morgan fingerprint density at radius 3 is 2.03 bits per heavy atom. The summed E-state index contributed by atoms with van der Waals surface area (Å²) in [5.74, 6) is -1.32. The van der Waals surface area contributed by atoms with Crippen molar-refractivity contribution in [2.75, 3.05) is 0 Å². The lowest BCUT2D eigenvalue weighted by atomic mass is 9.91. The van der Waals surface area contributed by atoms with Gasteiger partial charge in [0.05, 0.1) is 0 Å². The van der Waals surface area contributed by atoms with E-state index in [0.29, 0.717) is 17.0 Å². The third-order valence-corrected chi connectivity index (χ3v) is 6.64. The zero-order valence-electron chi connectivity index (χ0n) is 17.7. The van der Waals surface area contributed by atoms with Gasteiger partial charge in [-0.25, -0.2) is 0 Å². The summed E-state index contributed by atoms with van der Waals surface area (Å²) >= 11 is 1.21. The third-order valence-electron chi connectivity index (χ3n) is 5.70. The summed E-state index contributed by atoms with van der Waals surface area (Å²) in [5, 5.41) is 16.6. The quantitative estimate of drug-likeness (QED) is 0.482. The van der Waals surface area contributed by atoms with Gasteiger partial charge in [-0.1, -0.05) is 37.5 Å². The molecule has 1 aliphatic carbocycles. The summed E-state index contributed by atoms with van der Waals surface area (Å²) in [6.45, 7) is 0. The number of thiophene rings is 1. The third kappa shape index (κ3) is 5.38. The molecule has 3 rings (SSSR count). The minimum absolute atomic E-state index is 0.0395. The van der Waals surface area contributed by atoms with Crippen molar-refractivity contribution >= 4 is 23.2 Å². The van der Waals surface area contributed by atoms with Crippen molar-refractivity contribution in [3.63, 3.8) is 0 Å². The fraction of sp³-hybridized carbons (Fsp3) is 0.455. The van der Waals surface area contributed by atoms with Gasteiger partial charge in [-0.05, 0) is 36.4 Å². The molecule has 1 aromatic carbocycles. The molecule has 0 bridgehead atoms. The summed E-state index contributed by atoms with van der Waals surface area (Å²) < 4.78 is 78.4. The highest BCUT2D eigenvalue weighted by molar-refractivity contribution is 7.10. The van der Waals surface area contributed by atoms with E-state index in [0.717, 1.165) is 44.2 Å². The number of hydrogen-bond acceptors (Lipinski definition) is 4. The predicted octanol–water partition coefficient (Wildman–Crippen LogP) is 4.98. The van der Waals surface area contributed by atoms with Crippen LogP contribution in [0.2, 0.25) is 0 Å². The Hall–Kier alpha value is -2.60. The highest BCUT2D eigenvalue weighted by atomic mass is 32.1. The number of carbonyl (C=O) groups excluding carboxylic acids is 2. The fourth-order valence-corrected chi connectivity index (χ4v) is 4.59. The Morgan fingerprint density at radius 2 is 1.53 bits per heavy atom. The van der Waals surface area contributed by atoms with Crippen molar-refractivity contribution < 1.29 is 41.0 Å². The first kappa shape index (κ1) is 26.0. The van der Waals surface area contributed by atoms with Crippen LogP contribution < -0.4 is 10.6 Å². The number of hydrogen-bond donors (Lipinski definition) is 3. The van der Waals surface area contributed by atoms with Crippen LogP contribution in [0.5, 0.6) is 0 Å². The van der Waals surface area contributed by atoms with Crippen LogP contribution in [-0.4, -0.2) is 35.3 Å². The number of amides is 2. The lowest BCUT2D eigenvalue weighted by Gasteiger charge is -2.32. The van der Waals surface area contributed by atoms with E-state index >= 15 is 0 Å². The zero-order chi connectivity index (χ0) is 25.1. The van der Waals surface area contributed by atoms with Gasteiger partial charge in [0, 0.05) is 22.0 Å². The van der Waals surface area contributed by atoms with E-state index in [1.807, 2.05) is 0 Å². The summed E-state index contributed by atoms with van der Waals surface area (Å²) in [4.78, 5) is 26.1. The molecule has 186 valence electrons. The van der Waals surface area contributed by atoms with Crippen LogP contribution in [0.3, 0.4) is 0 Å². The van der Waals surface area contributed by atoms with Crippen molar-refractivity contribution in [3.8, 4) is 0 Å². The first-order valence-corrected chi connectivity index (χ1v) is 11.3. The van der Waals surface area contributed by atoms with Gasteiger partial charge in [0.1, 0.15) is 6.04 Å². The second kappa shape index (κ2) is 9.95. The average Bonchev–Trinajstić information content (AvgIpc) is 3.30. The summed E-state index contributed by atoms with van der Waals surface area (Å²) in [6, 6.07) is 4.42. The highest BCUT2D eigenvalue weighted by Crippen LogP contribution is 2.49. The largest absolute Gasteiger partial charge is 0.430 e. The van der Waals surface area contributed by atoms with E-state index in [9.17, 15) is 41.0 Å². The summed E-state index contributed by atoms with van der Waals surface area (Å²) in [5.41, 5.74) is -6.84. The van der Waals surface area contributed by atoms with Crippen LogP contribution in [0, 0.1) is 0 Å². The lowest BCUT2D eigenvalue weighted by molar-refractivity contribution is -0.376. The monoisotopic (exact) mass is 508 g/mol. The van der Waals surface area contributed by atoms with Crippen LogP contribution in [0.4, 0.5) is 26.3 Å². The van der Waals surface area contributed by atoms with E-state index in [4.69, 9.17) is 0 Å². The van der Waals surface area contributed by atoms with E-state index in [-0.39, 0.29) is 11.6 Å². The Labute approximate surface area is 195 Å². The van der Waals surface area contributed by atoms with Gasteiger partial charge in [0.15, 0.2) is 0 Å². The molecule has 0 radical (unpaired) electrons. The molecule has 1 fully saturated rings. The van der Waals surface area contributed by atoms with Crippen molar-refractivity contribution in [3.05, 3.63) is 57.8 Å². The molecule has 2 aromatic rings. The first-order valence-electron chi connectivity index (χ1n) is 10.5. The maximum Gasteiger partial charge on any atom is 0.430 e. The average molecular weight is 508 g/mol. The molecule has 1 atom stereocenters. The highest BCUT2D eigenvalue weighted by Gasteiger charge is 2.71. The van der Waals surface area contributed by atoms with Gasteiger partial charge < -0.3 is 15.7 Å². The van der Waals surface area contributed by atoms with Crippen LogP contribution in [0.15, 0.2) is 41.8 Å². The molecule has 1 aromatic heterocycles. The number of benzene rings is 1. The molecule has 0 spiro atoms. The number of alkyl halides is 6. The number of nitrogens with one attached hydrogen (secondary N) is 2. The normalized spacial score (nSPS) is 16.7. The maximum atomic E-state index is 13.1. The van der Waals surface area contributed by atoms with E-state index in [1.165, 1.54) is 11.3 Å². The maximum absolute atomic E-state index is 13.1. The molecule has 12 heteroatoms. The van der Waals surface area contributed by atoms with Crippen molar-refractivity contribution in [1.29, 1.82) is 0 Å². The van der Waals surface area contributed by atoms with Crippen LogP contribution in [0.25, 0.3) is 0 Å². The molecule has 1 unspecified atom stereocenters. The number of carbonyl (C=O) groups is 2. The Bertz CT molecular complexity index is 970. The Morgan fingerprint density at radius 1 is 0.941 bits per heavy atom. The SMILES string of the molecule is O=C(NC(C(=O)NC1CCCCC1)c1cccs1)c1ccc(C(O)(C(F)(F)F)C(F)(F)F)cc1. The molecule has 1 saturated carbocycles. The number of rotatable bonds is 6. The molecular formula is C22H22F6N2O3S. The van der Waals surface area contributed by atoms with E-state index in [1.54, 1.807) is 17.5 Å². The van der Waals surface area contributed by atoms with Gasteiger partial charge in [-0.15, -0.1) is 11.3 Å². The van der Waals surface area contributed by atoms with Crippen LogP contribution in [0.1, 0.15) is 58.9 Å². The number of halogens is 6. The molecule has 34 heavy (non-hydrogen) atoms. The molecule has 1 heterocycles. The van der Waals surface area contributed by atoms with Crippen molar-refractivity contribution in [2.24, 2.45) is 0 Å². The van der Waals surface area contributed by atoms with Crippen LogP contribution in [-0.2, 0) is 10.4 Å². The molecule has 3 N–H and O–H groups in total. The minimum atomic E-state index is -6.03. The smallest absolute Gasteiger partial charge is 0.369 e. The Balaban J connectivity index is 1.80. The summed E-state index contributed by atoms with van der Waals surface area (Å²) in [7, 11) is 0. The minimum Gasteiger partial charge on any atom is -0.369 e. The Kier molecular flexibility index (Phi) is 7.61. The van der Waals surface area contributed by atoms with Gasteiger partial charge in [0.25, 0.3) is 11.5 Å². The standard InChI is InChI=1S/C22H22F6N2O3S/c23-21(24,25)20(33,22(26,27)28)14-10-8-13(9-11-14)18(31)30-17(16-7-4-12-34-16)19(32)29-15-5-2-1-3-6-15/h4,7-12,15,17,33H,1-3,5-6H2,(H,29,32)(H,30,31). The lowest BCUT2D eigenvalue weighted by Crippen LogP contribution is -2.53. The molecular weight excluding hydrogens is 486 g/mol. The topological polar surface area (TPSA) is 78.4 Å². The van der Waals surface area contributed by atoms with Crippen LogP contribution >= 0.6 is 11.3 Å². The molecule has 2 amide bonds. The van der Waals surface area contributed by atoms with E-state index < -0.39 is 41.4 Å². The van der Waals surface area contributed by atoms with Crippen molar-refractivity contribution in [1.82, 2.24) is 10.6 Å². The van der Waals surface area contributed by atoms with Gasteiger partial charge in [-0.3, -0.25) is 9.59 Å². The van der Waals surface area contributed by atoms with Gasteiger partial charge in [0.2, 0.25) is 5.91 Å². The second-order valence-electron chi connectivity index (χ2n) is 8.05. The second-order valence-corrected chi connectivity index (χ2v) is 9.03.